The molecule has 1 aliphatic carbocycles. The van der Waals surface area contributed by atoms with Gasteiger partial charge in [0.2, 0.25) is 37.7 Å². The van der Waals surface area contributed by atoms with Crippen LogP contribution in [0.3, 0.4) is 0 Å². The highest BCUT2D eigenvalue weighted by Crippen LogP contribution is 2.47. The Kier molecular flexibility index (Phi) is 26.6. The van der Waals surface area contributed by atoms with E-state index in [2.05, 4.69) is 30.2 Å². The molecule has 7 atom stereocenters. The van der Waals surface area contributed by atoms with E-state index in [0.717, 1.165) is 118 Å². The zero-order valence-corrected chi connectivity index (χ0v) is 63.6. The molecular formula is C72H71F15N12O13S3. The number of Topliss-reactive ketones (excluding diaryl/α,β-unsaturated/α-hetero) is 2. The number of rotatable bonds is 22. The molecule has 9 aromatic rings. The molecule has 0 bridgehead atoms. The molecule has 3 N–H and O–H groups in total. The molecule has 620 valence electrons. The standard InChI is InChI=1S/2C24H23F5N4O4S.C13H14F2O4S.C11H11F3N4O/c2*1-23(11-17(26)14-33(23)38(35,36)19-7-4-16(25)5-8-19)21(34)10-3-15-13-32(31-22(15)37-2)18-6-9-20(30-12-18)24(27,28)29;1-13(12(16)17)7-9(15)6-11(13)20(18,19)10-4-2-8(14)3-5-10;1-19-10-7(4-15)6-18(17-10)8-2-3-9(16-5-8)11(12,13)14/h2*4-9,12-13,17H,3,10-11,14H2,1-2H3;2-5,9,11H,6-7H2,1H3,(H,16,17);2-3,5-6H,4,15H2,1H3/t2*17-,23+;9-,11?,13?;/m110./s1. The van der Waals surface area contributed by atoms with Crippen LogP contribution >= 0.6 is 0 Å². The molecule has 0 spiro atoms. The molecule has 6 aromatic heterocycles. The van der Waals surface area contributed by atoms with E-state index < -0.39 is 154 Å². The van der Waals surface area contributed by atoms with Crippen LogP contribution in [0.2, 0.25) is 0 Å². The largest absolute Gasteiger partial charge is 0.481 e. The fourth-order valence-corrected chi connectivity index (χ4v) is 18.8. The number of ketones is 2. The first-order chi connectivity index (χ1) is 53.6. The van der Waals surface area contributed by atoms with Crippen LogP contribution in [-0.4, -0.2) is 170 Å². The van der Waals surface area contributed by atoms with Gasteiger partial charge in [0.1, 0.15) is 53.0 Å². The molecule has 2 unspecified atom stereocenters. The molecule has 12 rings (SSSR count). The summed E-state index contributed by atoms with van der Waals surface area (Å²) in [5.74, 6) is -3.77. The molecule has 3 fully saturated rings. The van der Waals surface area contributed by atoms with Crippen molar-refractivity contribution in [2.45, 2.75) is 147 Å². The predicted octanol–water partition coefficient (Wildman–Crippen LogP) is 12.2. The van der Waals surface area contributed by atoms with E-state index in [1.807, 2.05) is 0 Å². The van der Waals surface area contributed by atoms with E-state index in [1.165, 1.54) is 86.7 Å². The van der Waals surface area contributed by atoms with Gasteiger partial charge in [0, 0.05) is 80.6 Å². The summed E-state index contributed by atoms with van der Waals surface area (Å²) in [7, 11) is -8.55. The van der Waals surface area contributed by atoms with Gasteiger partial charge in [-0.25, -0.2) is 80.6 Å². The van der Waals surface area contributed by atoms with Gasteiger partial charge < -0.3 is 25.1 Å². The second kappa shape index (κ2) is 34.6. The number of aliphatic carboxylic acids is 1. The van der Waals surface area contributed by atoms with E-state index in [0.29, 0.717) is 28.3 Å². The maximum atomic E-state index is 14.5. The number of halogens is 15. The van der Waals surface area contributed by atoms with Crippen molar-refractivity contribution in [3.8, 4) is 34.7 Å². The summed E-state index contributed by atoms with van der Waals surface area (Å²) in [6.45, 7) is 3.11. The normalized spacial score (nSPS) is 20.8. The fraction of sp³-hybridized carbons (Fsp3) is 0.375. The molecule has 8 heterocycles. The van der Waals surface area contributed by atoms with E-state index in [4.69, 9.17) is 19.9 Å². The van der Waals surface area contributed by atoms with Crippen LogP contribution in [0.5, 0.6) is 17.6 Å². The minimum Gasteiger partial charge on any atom is -0.481 e. The first-order valence-electron chi connectivity index (χ1n) is 34.1. The Hall–Kier alpha value is -10.4. The second-order valence-electron chi connectivity index (χ2n) is 27.0. The van der Waals surface area contributed by atoms with Crippen LogP contribution in [0.4, 0.5) is 65.9 Å². The summed E-state index contributed by atoms with van der Waals surface area (Å²) in [6, 6.07) is 18.3. The van der Waals surface area contributed by atoms with Crippen molar-refractivity contribution in [2.24, 2.45) is 11.1 Å². The van der Waals surface area contributed by atoms with Gasteiger partial charge >= 0.3 is 24.5 Å². The Bertz CT molecular complexity index is 5060. The number of pyridine rings is 3. The number of carboxylic acids is 1. The Morgan fingerprint density at radius 1 is 0.478 bits per heavy atom. The molecular weight excluding hydrogens is 1620 g/mol. The van der Waals surface area contributed by atoms with Gasteiger partial charge in [0.25, 0.3) is 0 Å². The van der Waals surface area contributed by atoms with Crippen LogP contribution in [-0.2, 0) is 82.2 Å². The second-order valence-corrected chi connectivity index (χ2v) is 32.8. The van der Waals surface area contributed by atoms with Gasteiger partial charge in [-0.15, -0.1) is 15.3 Å². The topological polar surface area (TPSA) is 326 Å². The Balaban J connectivity index is 0.000000184. The zero-order valence-electron chi connectivity index (χ0n) is 61.2. The highest BCUT2D eigenvalue weighted by molar-refractivity contribution is 7.92. The van der Waals surface area contributed by atoms with Gasteiger partial charge in [0.15, 0.2) is 21.4 Å². The molecule has 25 nitrogen and oxygen atoms in total. The quantitative estimate of drug-likeness (QED) is 0.0470. The summed E-state index contributed by atoms with van der Waals surface area (Å²) in [6.07, 6.45) is -12.4. The number of methoxy groups -OCH3 is 3. The summed E-state index contributed by atoms with van der Waals surface area (Å²) in [5, 5.41) is 20.2. The molecule has 3 aromatic carbocycles. The lowest BCUT2D eigenvalue weighted by Crippen LogP contribution is -2.50. The monoisotopic (exact) mass is 1690 g/mol. The summed E-state index contributed by atoms with van der Waals surface area (Å²) in [4.78, 5) is 47.4. The third kappa shape index (κ3) is 19.8. The molecule has 0 amide bonds. The maximum Gasteiger partial charge on any atom is 0.433 e. The fourth-order valence-electron chi connectivity index (χ4n) is 13.0. The highest BCUT2D eigenvalue weighted by atomic mass is 32.2. The van der Waals surface area contributed by atoms with Crippen molar-refractivity contribution < 1.29 is 125 Å². The Morgan fingerprint density at radius 3 is 1.07 bits per heavy atom. The molecule has 43 heteroatoms. The number of carbonyl (C=O) groups is 3. The van der Waals surface area contributed by atoms with Crippen molar-refractivity contribution in [3.05, 3.63) is 198 Å². The molecule has 3 aliphatic rings. The van der Waals surface area contributed by atoms with E-state index in [9.17, 15) is 111 Å². The van der Waals surface area contributed by atoms with Gasteiger partial charge in [-0.1, -0.05) is 0 Å². The van der Waals surface area contributed by atoms with Gasteiger partial charge in [-0.05, 0) is 156 Å². The number of alkyl halides is 12. The number of nitrogens with zero attached hydrogens (tertiary/aromatic N) is 11. The first-order valence-corrected chi connectivity index (χ1v) is 38.5. The number of hydrogen-bond acceptors (Lipinski definition) is 19. The summed E-state index contributed by atoms with van der Waals surface area (Å²) >= 11 is 0. The number of sulfone groups is 1. The van der Waals surface area contributed by atoms with E-state index >= 15 is 0 Å². The van der Waals surface area contributed by atoms with Gasteiger partial charge in [-0.3, -0.25) is 14.4 Å². The van der Waals surface area contributed by atoms with E-state index in [1.54, 1.807) is 6.20 Å². The van der Waals surface area contributed by atoms with Crippen LogP contribution in [0.1, 0.15) is 93.1 Å². The molecule has 2 aliphatic heterocycles. The summed E-state index contributed by atoms with van der Waals surface area (Å²) < 4.78 is 295. The molecule has 115 heavy (non-hydrogen) atoms. The molecule has 0 radical (unpaired) electrons. The Labute approximate surface area is 646 Å². The number of ether oxygens (including phenoxy) is 3. The number of aryl methyl sites for hydroxylation is 2. The number of nitrogens with two attached hydrogens (primary N) is 1. The first kappa shape index (κ1) is 88.6. The minimum absolute atomic E-state index is 0.0348. The SMILES string of the molecule is CC1(C(=O)O)C[C@@H](F)CC1S(=O)(=O)c1ccc(F)cc1.COc1nn(-c2ccc(C(F)(F)F)nc2)cc1CCC(=O)[C@]1(C)C[C@@H](F)CN1S(=O)(=O)c1ccc(F)cc1.COc1nn(-c2ccc(C(F)(F)F)nc2)cc1CCC(=O)[C@]1(C)C[C@@H](F)CN1S(=O)(=O)c1ccc(F)cc1.COc1nn(-c2ccc(C(F)(F)F)nc2)cc1CN. The number of aromatic nitrogens is 9. The third-order valence-electron chi connectivity index (χ3n) is 19.1. The number of hydrogen-bond donors (Lipinski definition) is 2. The third-order valence-corrected chi connectivity index (χ3v) is 25.5. The van der Waals surface area contributed by atoms with Crippen molar-refractivity contribution in [3.63, 3.8) is 0 Å². The zero-order chi connectivity index (χ0) is 84.9. The van der Waals surface area contributed by atoms with E-state index in [-0.39, 0.29) is 95.7 Å². The number of carbonyl (C=O) groups excluding carboxylic acids is 2. The van der Waals surface area contributed by atoms with Crippen molar-refractivity contribution in [2.75, 3.05) is 34.4 Å². The lowest BCUT2D eigenvalue weighted by atomic mass is 9.89. The lowest BCUT2D eigenvalue weighted by molar-refractivity contribution is -0.147. The van der Waals surface area contributed by atoms with Crippen LogP contribution in [0.25, 0.3) is 17.1 Å². The average Bonchev–Trinajstić information content (AvgIpc) is 1.66. The highest BCUT2D eigenvalue weighted by Gasteiger charge is 2.57. The van der Waals surface area contributed by atoms with Gasteiger partial charge in [-0.2, -0.15) is 48.1 Å². The predicted molar refractivity (Wildman–Crippen MR) is 377 cm³/mol. The number of benzene rings is 3. The number of carboxylic acid groups (broad SMARTS) is 1. The van der Waals surface area contributed by atoms with Crippen molar-refractivity contribution in [1.82, 2.24) is 52.9 Å². The molecule has 1 saturated carbocycles. The van der Waals surface area contributed by atoms with Crippen LogP contribution in [0.15, 0.2) is 161 Å². The lowest BCUT2D eigenvalue weighted by Gasteiger charge is -2.32. The smallest absolute Gasteiger partial charge is 0.433 e. The summed E-state index contributed by atoms with van der Waals surface area (Å²) in [5.41, 5.74) is -0.303. The average molecular weight is 1690 g/mol. The van der Waals surface area contributed by atoms with Gasteiger partial charge in [0.05, 0.1) is 93.4 Å². The minimum atomic E-state index is -4.60. The van der Waals surface area contributed by atoms with Crippen LogP contribution in [0, 0.1) is 22.9 Å². The van der Waals surface area contributed by atoms with Crippen LogP contribution < -0.4 is 19.9 Å². The van der Waals surface area contributed by atoms with Crippen molar-refractivity contribution in [1.29, 1.82) is 0 Å². The maximum absolute atomic E-state index is 14.5. The molecule has 2 saturated heterocycles. The Morgan fingerprint density at radius 2 is 0.791 bits per heavy atom. The number of sulfonamides is 2. The van der Waals surface area contributed by atoms with Crippen molar-refractivity contribution >= 4 is 47.4 Å².